The van der Waals surface area contributed by atoms with E-state index in [2.05, 4.69) is 0 Å². The van der Waals surface area contributed by atoms with Crippen molar-refractivity contribution in [3.05, 3.63) is 60.2 Å². The molecular weight excluding hydrogens is 214 g/mol. The fourth-order valence-corrected chi connectivity index (χ4v) is 1.49. The molecule has 0 saturated heterocycles. The molecule has 0 aromatic heterocycles. The molecule has 2 aromatic rings. The third kappa shape index (κ3) is 2.75. The van der Waals surface area contributed by atoms with E-state index in [4.69, 9.17) is 21.9 Å². The van der Waals surface area contributed by atoms with Gasteiger partial charge in [-0.05, 0) is 24.3 Å². The molecule has 0 saturated carbocycles. The van der Waals surface area contributed by atoms with E-state index >= 15 is 0 Å². The van der Waals surface area contributed by atoms with Gasteiger partial charge < -0.3 is 10.5 Å². The van der Waals surface area contributed by atoms with Gasteiger partial charge in [-0.1, -0.05) is 30.3 Å². The summed E-state index contributed by atoms with van der Waals surface area (Å²) in [7, 11) is 0. The molecule has 0 radical (unpaired) electrons. The summed E-state index contributed by atoms with van der Waals surface area (Å²) >= 11 is 0. The van der Waals surface area contributed by atoms with E-state index in [1.165, 1.54) is 0 Å². The van der Waals surface area contributed by atoms with Gasteiger partial charge in [0, 0.05) is 11.3 Å². The van der Waals surface area contributed by atoms with Crippen molar-refractivity contribution in [3.8, 4) is 5.75 Å². The summed E-state index contributed by atoms with van der Waals surface area (Å²) in [6, 6.07) is 16.2. The Labute approximate surface area is 100.0 Å². The summed E-state index contributed by atoms with van der Waals surface area (Å²) in [5, 5.41) is 0. The zero-order valence-electron chi connectivity index (χ0n) is 9.34. The van der Waals surface area contributed by atoms with Crippen LogP contribution in [0.15, 0.2) is 54.6 Å². The van der Waals surface area contributed by atoms with E-state index in [9.17, 15) is 0 Å². The molecule has 4 heteroatoms. The van der Waals surface area contributed by atoms with Crippen molar-refractivity contribution in [1.82, 2.24) is 0 Å². The van der Waals surface area contributed by atoms with Crippen molar-refractivity contribution in [1.29, 1.82) is 0 Å². The first-order chi connectivity index (χ1) is 8.08. The molecule has 0 fully saturated rings. The molecule has 88 valence electrons. The average Bonchev–Trinajstić information content (AvgIpc) is 2.33. The number of hydrogen-bond acceptors (Lipinski definition) is 4. The quantitative estimate of drug-likeness (QED) is 0.548. The lowest BCUT2D eigenvalue weighted by atomic mass is 10.1. The fourth-order valence-electron chi connectivity index (χ4n) is 1.49. The highest BCUT2D eigenvalue weighted by atomic mass is 16.5. The Morgan fingerprint density at radius 2 is 1.41 bits per heavy atom. The fraction of sp³-hybridized carbons (Fsp3) is 0.0769. The smallest absolute Gasteiger partial charge is 0.239 e. The lowest BCUT2D eigenvalue weighted by Crippen LogP contribution is -2.51. The molecule has 2 aromatic carbocycles. The molecule has 0 spiro atoms. The molecule has 0 heterocycles. The largest absolute Gasteiger partial charge is 0.456 e. The van der Waals surface area contributed by atoms with Crippen LogP contribution in [0.3, 0.4) is 0 Å². The van der Waals surface area contributed by atoms with Crippen LogP contribution in [0.5, 0.6) is 5.75 Å². The summed E-state index contributed by atoms with van der Waals surface area (Å²) in [6.07, 6.45) is 0. The minimum atomic E-state index is -1.35. The van der Waals surface area contributed by atoms with Gasteiger partial charge in [0.2, 0.25) is 5.85 Å². The van der Waals surface area contributed by atoms with Gasteiger partial charge in [-0.3, -0.25) is 11.5 Å². The summed E-state index contributed by atoms with van der Waals surface area (Å²) in [5.41, 5.74) is 18.8. The summed E-state index contributed by atoms with van der Waals surface area (Å²) < 4.78 is 5.54. The third-order valence-electron chi connectivity index (χ3n) is 2.39. The number of ether oxygens (including phenoxy) is 1. The summed E-state index contributed by atoms with van der Waals surface area (Å²) in [4.78, 5) is 0. The summed E-state index contributed by atoms with van der Waals surface area (Å²) in [6.45, 7) is 0. The Morgan fingerprint density at radius 3 is 2.00 bits per heavy atom. The maximum absolute atomic E-state index is 5.93. The van der Waals surface area contributed by atoms with Crippen LogP contribution in [0.2, 0.25) is 0 Å². The number of rotatable bonds is 3. The molecule has 0 aliphatic heterocycles. The first-order valence-corrected chi connectivity index (χ1v) is 5.26. The topological polar surface area (TPSA) is 87.3 Å². The van der Waals surface area contributed by atoms with Gasteiger partial charge in [0.05, 0.1) is 0 Å². The Balaban J connectivity index is 2.20. The number of benzene rings is 2. The highest BCUT2D eigenvalue weighted by molar-refractivity contribution is 5.42. The van der Waals surface area contributed by atoms with Crippen LogP contribution in [-0.2, 0) is 5.85 Å². The first kappa shape index (κ1) is 11.4. The van der Waals surface area contributed by atoms with Gasteiger partial charge in [0.1, 0.15) is 5.75 Å². The minimum Gasteiger partial charge on any atom is -0.456 e. The summed E-state index contributed by atoms with van der Waals surface area (Å²) in [5.74, 6) is -0.773. The second-order valence-electron chi connectivity index (χ2n) is 3.83. The zero-order chi connectivity index (χ0) is 12.3. The van der Waals surface area contributed by atoms with Crippen LogP contribution in [0.25, 0.3) is 0 Å². The van der Waals surface area contributed by atoms with Crippen molar-refractivity contribution in [2.45, 2.75) is 5.85 Å². The predicted octanol–water partition coefficient (Wildman–Crippen LogP) is 1.38. The lowest BCUT2D eigenvalue weighted by Gasteiger charge is -2.26. The van der Waals surface area contributed by atoms with Gasteiger partial charge in [-0.2, -0.15) is 0 Å². The average molecular weight is 229 g/mol. The van der Waals surface area contributed by atoms with E-state index < -0.39 is 5.85 Å². The van der Waals surface area contributed by atoms with Gasteiger partial charge >= 0.3 is 0 Å². The second kappa shape index (κ2) is 4.45. The molecule has 0 aliphatic carbocycles. The first-order valence-electron chi connectivity index (χ1n) is 5.26. The molecule has 0 aliphatic rings. The third-order valence-corrected chi connectivity index (χ3v) is 2.39. The lowest BCUT2D eigenvalue weighted by molar-refractivity contribution is 0.0808. The molecule has 6 N–H and O–H groups in total. The van der Waals surface area contributed by atoms with E-state index in [0.717, 1.165) is 0 Å². The number of nitrogen functional groups attached to an aromatic ring is 1. The zero-order valence-corrected chi connectivity index (χ0v) is 9.34. The van der Waals surface area contributed by atoms with Crippen LogP contribution in [0, 0.1) is 0 Å². The van der Waals surface area contributed by atoms with Crippen molar-refractivity contribution in [2.24, 2.45) is 11.5 Å². The second-order valence-corrected chi connectivity index (χ2v) is 3.83. The van der Waals surface area contributed by atoms with Crippen LogP contribution >= 0.6 is 0 Å². The van der Waals surface area contributed by atoms with Gasteiger partial charge in [0.25, 0.3) is 0 Å². The predicted molar refractivity (Wildman–Crippen MR) is 68.0 cm³/mol. The van der Waals surface area contributed by atoms with Crippen molar-refractivity contribution >= 4 is 5.69 Å². The Hall–Kier alpha value is -2.04. The molecule has 2 rings (SSSR count). The molecular formula is C13H15N3O. The van der Waals surface area contributed by atoms with Gasteiger partial charge in [-0.15, -0.1) is 0 Å². The normalized spacial score (nSPS) is 11.2. The monoisotopic (exact) mass is 229 g/mol. The Morgan fingerprint density at radius 1 is 0.824 bits per heavy atom. The Kier molecular flexibility index (Phi) is 2.99. The number of anilines is 1. The van der Waals surface area contributed by atoms with Crippen molar-refractivity contribution < 1.29 is 4.74 Å². The van der Waals surface area contributed by atoms with Crippen LogP contribution in [-0.4, -0.2) is 0 Å². The molecule has 17 heavy (non-hydrogen) atoms. The standard InChI is InChI=1S/C13H15N3O/c14-11-6-8-12(9-7-11)17-13(15,16)10-4-2-1-3-5-10/h1-9H,14-16H2. The van der Waals surface area contributed by atoms with Gasteiger partial charge in [0.15, 0.2) is 0 Å². The molecule has 0 bridgehead atoms. The molecule has 4 nitrogen and oxygen atoms in total. The SMILES string of the molecule is Nc1ccc(OC(N)(N)c2ccccc2)cc1. The van der Waals surface area contributed by atoms with Crippen LogP contribution in [0.4, 0.5) is 5.69 Å². The van der Waals surface area contributed by atoms with E-state index in [1.807, 2.05) is 30.3 Å². The van der Waals surface area contributed by atoms with Gasteiger partial charge in [-0.25, -0.2) is 0 Å². The van der Waals surface area contributed by atoms with E-state index in [-0.39, 0.29) is 0 Å². The molecule has 0 unspecified atom stereocenters. The maximum Gasteiger partial charge on any atom is 0.239 e. The highest BCUT2D eigenvalue weighted by Gasteiger charge is 2.23. The van der Waals surface area contributed by atoms with E-state index in [1.54, 1.807) is 24.3 Å². The van der Waals surface area contributed by atoms with Crippen molar-refractivity contribution in [2.75, 3.05) is 5.73 Å². The Bertz CT molecular complexity index is 480. The highest BCUT2D eigenvalue weighted by Crippen LogP contribution is 2.20. The molecule has 0 atom stereocenters. The minimum absolute atomic E-state index is 0.577. The van der Waals surface area contributed by atoms with Crippen molar-refractivity contribution in [3.63, 3.8) is 0 Å². The maximum atomic E-state index is 5.93. The van der Waals surface area contributed by atoms with E-state index in [0.29, 0.717) is 17.0 Å². The molecule has 0 amide bonds. The number of hydrogen-bond donors (Lipinski definition) is 3. The van der Waals surface area contributed by atoms with Crippen LogP contribution < -0.4 is 21.9 Å². The van der Waals surface area contributed by atoms with Crippen LogP contribution in [0.1, 0.15) is 5.56 Å². The number of nitrogens with two attached hydrogens (primary N) is 3.